The summed E-state index contributed by atoms with van der Waals surface area (Å²) in [6, 6.07) is 12.0. The standard InChI is InChI=1S/C18H14N4O5/c1-27-15-7-4-12-8-13(17(23)20-16(12)9-15)10-19-21-18(24)11-2-5-14(6-3-11)22(25)26/h2-10H,1H3,(H,20,23)(H,21,24)/b19-10+. The lowest BCUT2D eigenvalue weighted by molar-refractivity contribution is -0.384. The molecule has 1 aromatic heterocycles. The number of carbonyl (C=O) groups is 1. The minimum atomic E-state index is -0.554. The van der Waals surface area contributed by atoms with Gasteiger partial charge in [-0.15, -0.1) is 0 Å². The van der Waals surface area contributed by atoms with Crippen LogP contribution in [0.15, 0.2) is 58.4 Å². The van der Waals surface area contributed by atoms with Gasteiger partial charge in [-0.25, -0.2) is 5.43 Å². The van der Waals surface area contributed by atoms with E-state index < -0.39 is 10.8 Å². The number of non-ortho nitro benzene ring substituents is 1. The zero-order valence-electron chi connectivity index (χ0n) is 14.1. The molecule has 0 aliphatic rings. The Kier molecular flexibility index (Phi) is 4.93. The fourth-order valence-electron chi connectivity index (χ4n) is 2.38. The highest BCUT2D eigenvalue weighted by Gasteiger charge is 2.09. The summed E-state index contributed by atoms with van der Waals surface area (Å²) < 4.78 is 5.11. The van der Waals surface area contributed by atoms with Gasteiger partial charge in [-0.1, -0.05) is 0 Å². The van der Waals surface area contributed by atoms with Crippen molar-refractivity contribution in [3.05, 3.63) is 80.1 Å². The molecule has 3 rings (SSSR count). The minimum absolute atomic E-state index is 0.116. The number of benzene rings is 2. The molecule has 2 N–H and O–H groups in total. The predicted octanol–water partition coefficient (Wildman–Crippen LogP) is 2.21. The Balaban J connectivity index is 1.75. The fraction of sp³-hybridized carbons (Fsp3) is 0.0556. The van der Waals surface area contributed by atoms with Gasteiger partial charge >= 0.3 is 0 Å². The van der Waals surface area contributed by atoms with Crippen LogP contribution in [0.2, 0.25) is 0 Å². The monoisotopic (exact) mass is 366 g/mol. The smallest absolute Gasteiger partial charge is 0.271 e. The molecule has 0 saturated heterocycles. The Labute approximate surface area is 152 Å². The van der Waals surface area contributed by atoms with Crippen LogP contribution in [0.4, 0.5) is 5.69 Å². The summed E-state index contributed by atoms with van der Waals surface area (Å²) in [5.41, 5.74) is 2.87. The van der Waals surface area contributed by atoms with Gasteiger partial charge in [-0.3, -0.25) is 19.7 Å². The van der Waals surface area contributed by atoms with Gasteiger partial charge in [0.1, 0.15) is 5.75 Å². The Morgan fingerprint density at radius 2 is 1.96 bits per heavy atom. The lowest BCUT2D eigenvalue weighted by Gasteiger charge is -2.03. The van der Waals surface area contributed by atoms with Crippen LogP contribution in [0, 0.1) is 10.1 Å². The molecule has 1 heterocycles. The summed E-state index contributed by atoms with van der Waals surface area (Å²) in [5, 5.41) is 15.2. The maximum absolute atomic E-state index is 12.1. The maximum Gasteiger partial charge on any atom is 0.271 e. The van der Waals surface area contributed by atoms with Crippen molar-refractivity contribution < 1.29 is 14.5 Å². The number of nitro groups is 1. The molecule has 0 fully saturated rings. The molecule has 3 aromatic rings. The van der Waals surface area contributed by atoms with E-state index in [2.05, 4.69) is 15.5 Å². The van der Waals surface area contributed by atoms with Crippen LogP contribution in [-0.4, -0.2) is 29.1 Å². The third-order valence-corrected chi connectivity index (χ3v) is 3.79. The first-order chi connectivity index (χ1) is 13.0. The van der Waals surface area contributed by atoms with Gasteiger partial charge in [0.05, 0.1) is 29.3 Å². The lowest BCUT2D eigenvalue weighted by Crippen LogP contribution is -2.19. The predicted molar refractivity (Wildman–Crippen MR) is 99.3 cm³/mol. The van der Waals surface area contributed by atoms with E-state index in [4.69, 9.17) is 4.74 Å². The van der Waals surface area contributed by atoms with Gasteiger partial charge in [-0.05, 0) is 35.7 Å². The van der Waals surface area contributed by atoms with Crippen molar-refractivity contribution in [1.29, 1.82) is 0 Å². The number of carbonyl (C=O) groups excluding carboxylic acids is 1. The van der Waals surface area contributed by atoms with Gasteiger partial charge in [0.2, 0.25) is 0 Å². The second-order valence-electron chi connectivity index (χ2n) is 5.51. The number of fused-ring (bicyclic) bond motifs is 1. The van der Waals surface area contributed by atoms with Crippen LogP contribution in [0.5, 0.6) is 5.75 Å². The van der Waals surface area contributed by atoms with Crippen molar-refractivity contribution in [3.8, 4) is 5.75 Å². The number of hydrogen-bond donors (Lipinski definition) is 2. The van der Waals surface area contributed by atoms with E-state index in [-0.39, 0.29) is 22.4 Å². The maximum atomic E-state index is 12.1. The Hall–Kier alpha value is -4.01. The van der Waals surface area contributed by atoms with Crippen LogP contribution >= 0.6 is 0 Å². The van der Waals surface area contributed by atoms with Crippen LogP contribution in [0.1, 0.15) is 15.9 Å². The fourth-order valence-corrected chi connectivity index (χ4v) is 2.38. The molecule has 0 spiro atoms. The van der Waals surface area contributed by atoms with Gasteiger partial charge in [-0.2, -0.15) is 5.10 Å². The molecule has 2 aromatic carbocycles. The third kappa shape index (κ3) is 3.98. The largest absolute Gasteiger partial charge is 0.497 e. The van der Waals surface area contributed by atoms with Gasteiger partial charge in [0.25, 0.3) is 17.2 Å². The quantitative estimate of drug-likeness (QED) is 0.407. The Morgan fingerprint density at radius 1 is 1.22 bits per heavy atom. The van der Waals surface area contributed by atoms with Crippen LogP contribution in [0.25, 0.3) is 10.9 Å². The zero-order valence-corrected chi connectivity index (χ0v) is 14.1. The summed E-state index contributed by atoms with van der Waals surface area (Å²) in [4.78, 5) is 36.9. The van der Waals surface area contributed by atoms with Crippen molar-refractivity contribution in [2.75, 3.05) is 7.11 Å². The normalized spacial score (nSPS) is 10.9. The zero-order chi connectivity index (χ0) is 19.4. The average molecular weight is 366 g/mol. The number of nitrogens with zero attached hydrogens (tertiary/aromatic N) is 2. The Morgan fingerprint density at radius 3 is 2.63 bits per heavy atom. The summed E-state index contributed by atoms with van der Waals surface area (Å²) in [6.45, 7) is 0. The molecular formula is C18H14N4O5. The second-order valence-corrected chi connectivity index (χ2v) is 5.51. The Bertz CT molecular complexity index is 1100. The molecule has 0 radical (unpaired) electrons. The lowest BCUT2D eigenvalue weighted by atomic mass is 10.1. The molecule has 0 aliphatic carbocycles. The molecule has 136 valence electrons. The van der Waals surface area contributed by atoms with Crippen LogP contribution in [-0.2, 0) is 0 Å². The van der Waals surface area contributed by atoms with E-state index in [9.17, 15) is 19.7 Å². The molecule has 27 heavy (non-hydrogen) atoms. The van der Waals surface area contributed by atoms with E-state index in [0.29, 0.717) is 11.3 Å². The van der Waals surface area contributed by atoms with Crippen LogP contribution < -0.4 is 15.7 Å². The van der Waals surface area contributed by atoms with E-state index in [1.165, 1.54) is 37.6 Å². The van der Waals surface area contributed by atoms with Crippen molar-refractivity contribution in [1.82, 2.24) is 10.4 Å². The molecule has 9 heteroatoms. The molecule has 0 bridgehead atoms. The summed E-state index contributed by atoms with van der Waals surface area (Å²) in [5.74, 6) is 0.0676. The van der Waals surface area contributed by atoms with Gasteiger partial charge in [0.15, 0.2) is 0 Å². The van der Waals surface area contributed by atoms with E-state index in [1.807, 2.05) is 0 Å². The molecule has 0 saturated carbocycles. The number of pyridine rings is 1. The number of aromatic nitrogens is 1. The summed E-state index contributed by atoms with van der Waals surface area (Å²) in [7, 11) is 1.54. The van der Waals surface area contributed by atoms with Crippen molar-refractivity contribution in [3.63, 3.8) is 0 Å². The third-order valence-electron chi connectivity index (χ3n) is 3.79. The highest BCUT2D eigenvalue weighted by molar-refractivity contribution is 5.95. The summed E-state index contributed by atoms with van der Waals surface area (Å²) >= 11 is 0. The highest BCUT2D eigenvalue weighted by Crippen LogP contribution is 2.18. The first kappa shape index (κ1) is 17.8. The number of hydrazone groups is 1. The van der Waals surface area contributed by atoms with Gasteiger partial charge in [0, 0.05) is 23.8 Å². The number of methoxy groups -OCH3 is 1. The average Bonchev–Trinajstić information content (AvgIpc) is 2.67. The number of hydrogen-bond acceptors (Lipinski definition) is 6. The van der Waals surface area contributed by atoms with E-state index >= 15 is 0 Å². The molecule has 9 nitrogen and oxygen atoms in total. The number of nitrogens with one attached hydrogen (secondary N) is 2. The van der Waals surface area contributed by atoms with Gasteiger partial charge < -0.3 is 9.72 Å². The number of nitro benzene ring substituents is 1. The molecule has 0 unspecified atom stereocenters. The summed E-state index contributed by atoms with van der Waals surface area (Å²) in [6.07, 6.45) is 1.23. The number of H-pyrrole nitrogens is 1. The molecule has 0 atom stereocenters. The van der Waals surface area contributed by atoms with E-state index in [1.54, 1.807) is 24.3 Å². The highest BCUT2D eigenvalue weighted by atomic mass is 16.6. The molecular weight excluding hydrogens is 352 g/mol. The van der Waals surface area contributed by atoms with E-state index in [0.717, 1.165) is 5.39 Å². The SMILES string of the molecule is COc1ccc2cc(/C=N/NC(=O)c3ccc([N+](=O)[O-])cc3)c(=O)[nH]c2c1. The van der Waals surface area contributed by atoms with Crippen LogP contribution in [0.3, 0.4) is 0 Å². The first-order valence-electron chi connectivity index (χ1n) is 7.77. The molecule has 0 aliphatic heterocycles. The first-order valence-corrected chi connectivity index (χ1v) is 7.77. The topological polar surface area (TPSA) is 127 Å². The number of ether oxygens (including phenoxy) is 1. The van der Waals surface area contributed by atoms with Crippen molar-refractivity contribution >= 4 is 28.7 Å². The number of amides is 1. The minimum Gasteiger partial charge on any atom is -0.497 e. The number of aromatic amines is 1. The van der Waals surface area contributed by atoms with Crippen molar-refractivity contribution in [2.45, 2.75) is 0 Å². The number of rotatable bonds is 5. The second kappa shape index (κ2) is 7.48. The van der Waals surface area contributed by atoms with Crippen molar-refractivity contribution in [2.24, 2.45) is 5.10 Å². The molecule has 1 amide bonds.